The minimum absolute atomic E-state index is 0.0723. The number of carbonyl (C=O) groups excluding carboxylic acids is 4. The van der Waals surface area contributed by atoms with Gasteiger partial charge >= 0.3 is 6.09 Å². The van der Waals surface area contributed by atoms with Crippen LogP contribution in [0.3, 0.4) is 0 Å². The van der Waals surface area contributed by atoms with Gasteiger partial charge in [-0.2, -0.15) is 0 Å². The average molecular weight is 753 g/mol. The summed E-state index contributed by atoms with van der Waals surface area (Å²) in [5, 5.41) is 28.7. The van der Waals surface area contributed by atoms with Crippen LogP contribution in [-0.2, 0) is 28.6 Å². The van der Waals surface area contributed by atoms with Crippen molar-refractivity contribution >= 4 is 23.6 Å². The highest BCUT2D eigenvalue weighted by Gasteiger charge is 2.58. The van der Waals surface area contributed by atoms with Crippen LogP contribution in [-0.4, -0.2) is 109 Å². The number of carbonyl (C=O) groups is 4. The van der Waals surface area contributed by atoms with Gasteiger partial charge < -0.3 is 40.8 Å². The van der Waals surface area contributed by atoms with Crippen LogP contribution in [0.2, 0.25) is 0 Å². The molecule has 1 heterocycles. The quantitative estimate of drug-likeness (QED) is 0.181. The molecule has 0 radical (unpaired) electrons. The van der Waals surface area contributed by atoms with Crippen LogP contribution in [0.4, 0.5) is 4.79 Å². The Morgan fingerprint density at radius 3 is 2.37 bits per heavy atom. The van der Waals surface area contributed by atoms with Gasteiger partial charge in [-0.3, -0.25) is 19.3 Å². The Kier molecular flexibility index (Phi) is 13.1. The zero-order valence-electron chi connectivity index (χ0n) is 32.9. The molecule has 2 unspecified atom stereocenters. The maximum absolute atomic E-state index is 14.1. The maximum atomic E-state index is 14.1. The molecule has 54 heavy (non-hydrogen) atoms. The number of allylic oxidation sites excluding steroid dienone is 4. The number of hydrogen-bond donors (Lipinski definition) is 5. The van der Waals surface area contributed by atoms with Crippen molar-refractivity contribution in [3.63, 3.8) is 0 Å². The Labute approximate surface area is 319 Å². The Bertz CT molecular complexity index is 1610. The average Bonchev–Trinajstić information content (AvgIpc) is 3.09. The number of likely N-dealkylation sites (N-methyl/N-ethyl adjacent to an activating group) is 1. The van der Waals surface area contributed by atoms with Gasteiger partial charge in [-0.15, -0.1) is 0 Å². The lowest BCUT2D eigenvalue weighted by atomic mass is 9.50. The topological polar surface area (TPSA) is 190 Å². The number of nitrogens with one attached hydrogen (secondary N) is 2. The summed E-state index contributed by atoms with van der Waals surface area (Å²) in [6.07, 6.45) is 9.70. The van der Waals surface area contributed by atoms with Crippen LogP contribution in [0.25, 0.3) is 0 Å². The molecule has 13 nitrogen and oxygen atoms in total. The van der Waals surface area contributed by atoms with E-state index in [0.29, 0.717) is 36.9 Å². The molecule has 298 valence electrons. The lowest BCUT2D eigenvalue weighted by molar-refractivity contribution is -0.170. The van der Waals surface area contributed by atoms with Crippen molar-refractivity contribution in [1.82, 2.24) is 15.5 Å². The molecule has 0 aromatic rings. The van der Waals surface area contributed by atoms with Crippen molar-refractivity contribution in [2.24, 2.45) is 29.4 Å². The number of hydrogen-bond acceptors (Lipinski definition) is 11. The number of primary amides is 1. The number of rotatable bonds is 8. The summed E-state index contributed by atoms with van der Waals surface area (Å²) in [4.78, 5) is 55.4. The lowest BCUT2D eigenvalue weighted by Gasteiger charge is -2.63. The molecule has 6 bridgehead atoms. The minimum Gasteiger partial charge on any atom is -0.439 e. The Hall–Kier alpha value is -3.62. The minimum atomic E-state index is -1.000. The van der Waals surface area contributed by atoms with Crippen LogP contribution in [0.1, 0.15) is 79.1 Å². The standard InChI is InChI=1S/C41H60N4O9/c1-23-13-29-34(43-11-12-45(5)40-18-27-16-28(19-40)21-41(51,20-27)22-40)31(46)17-30(36(29)48)44-38(49)24(2)9-8-10-32(52-6)37(54-39(42)50)26(4)15-25(3)35(47)33(14-23)53-7/h8-10,15,17,23,25,27-28,32-33,35,37,43,47,51H,11-14,16,18-22H2,1-7H3,(H2,42,50)(H,44,49)/b10-8-,24-9+,26-15+/t23-,25+,27?,28?,32+,33+,35-,37+,40?,41?/m1/s1. The van der Waals surface area contributed by atoms with Crippen molar-refractivity contribution in [3.05, 3.63) is 58.5 Å². The largest absolute Gasteiger partial charge is 0.439 e. The zero-order valence-corrected chi connectivity index (χ0v) is 32.9. The van der Waals surface area contributed by atoms with Crippen LogP contribution >= 0.6 is 0 Å². The molecule has 5 aliphatic carbocycles. The summed E-state index contributed by atoms with van der Waals surface area (Å²) < 4.78 is 16.8. The first-order valence-corrected chi connectivity index (χ1v) is 19.2. The second-order valence-electron chi connectivity index (χ2n) is 16.7. The molecular weight excluding hydrogens is 692 g/mol. The number of amides is 2. The number of aliphatic hydroxyl groups is 2. The first-order valence-electron chi connectivity index (χ1n) is 19.2. The fourth-order valence-corrected chi connectivity index (χ4v) is 9.98. The van der Waals surface area contributed by atoms with Gasteiger partial charge in [0.2, 0.25) is 11.6 Å². The Balaban J connectivity index is 1.41. The molecule has 0 aromatic carbocycles. The molecule has 0 saturated heterocycles. The smallest absolute Gasteiger partial charge is 0.405 e. The molecule has 2 amide bonds. The monoisotopic (exact) mass is 752 g/mol. The number of ketones is 2. The summed E-state index contributed by atoms with van der Waals surface area (Å²) in [7, 11) is 5.05. The van der Waals surface area contributed by atoms with Crippen LogP contribution in [0.5, 0.6) is 0 Å². The van der Waals surface area contributed by atoms with E-state index in [1.165, 1.54) is 32.8 Å². The third kappa shape index (κ3) is 9.25. The highest BCUT2D eigenvalue weighted by molar-refractivity contribution is 6.23. The number of ether oxygens (including phenoxy) is 3. The van der Waals surface area contributed by atoms with Crippen molar-refractivity contribution < 1.29 is 43.6 Å². The van der Waals surface area contributed by atoms with Gasteiger partial charge in [0.05, 0.1) is 29.2 Å². The van der Waals surface area contributed by atoms with Gasteiger partial charge in [-0.25, -0.2) is 4.79 Å². The van der Waals surface area contributed by atoms with E-state index >= 15 is 0 Å². The molecule has 1 aliphatic heterocycles. The van der Waals surface area contributed by atoms with Gasteiger partial charge in [0.15, 0.2) is 6.10 Å². The number of methoxy groups -OCH3 is 2. The van der Waals surface area contributed by atoms with E-state index in [4.69, 9.17) is 19.9 Å². The highest BCUT2D eigenvalue weighted by Crippen LogP contribution is 2.59. The van der Waals surface area contributed by atoms with Crippen LogP contribution in [0.15, 0.2) is 58.5 Å². The molecule has 6 N–H and O–H groups in total. The molecule has 13 heteroatoms. The molecular formula is C41H60N4O9. The molecule has 4 saturated carbocycles. The lowest BCUT2D eigenvalue weighted by Crippen LogP contribution is -2.65. The van der Waals surface area contributed by atoms with E-state index in [9.17, 15) is 29.4 Å². The summed E-state index contributed by atoms with van der Waals surface area (Å²) in [6.45, 7) is 8.09. The number of nitrogens with two attached hydrogens (primary N) is 1. The van der Waals surface area contributed by atoms with Crippen molar-refractivity contribution in [2.75, 3.05) is 34.4 Å². The summed E-state index contributed by atoms with van der Waals surface area (Å²) in [6, 6.07) is 0. The van der Waals surface area contributed by atoms with Gasteiger partial charge in [-0.1, -0.05) is 38.2 Å². The molecule has 8 atom stereocenters. The molecule has 4 fully saturated rings. The first kappa shape index (κ1) is 41.5. The molecule has 0 aromatic heterocycles. The van der Waals surface area contributed by atoms with Crippen molar-refractivity contribution in [3.8, 4) is 0 Å². The predicted molar refractivity (Wildman–Crippen MR) is 203 cm³/mol. The fourth-order valence-electron chi connectivity index (χ4n) is 9.98. The van der Waals surface area contributed by atoms with E-state index in [0.717, 1.165) is 32.1 Å². The van der Waals surface area contributed by atoms with Crippen molar-refractivity contribution in [1.29, 1.82) is 0 Å². The second kappa shape index (κ2) is 17.0. The predicted octanol–water partition coefficient (Wildman–Crippen LogP) is 3.37. The van der Waals surface area contributed by atoms with E-state index in [2.05, 4.69) is 22.6 Å². The van der Waals surface area contributed by atoms with E-state index in [-0.39, 0.29) is 40.4 Å². The van der Waals surface area contributed by atoms with E-state index in [1.807, 2.05) is 13.8 Å². The SMILES string of the molecule is CO[C@H]1/C=C\C=C(/C)C(=O)NC2=CC(=O)C(NCCN(C)C34CC5CC(CC(O)(C5)C3)C4)=C(C[C@@H](C)C[C@H](OC)[C@H](O)[C@@H](C)/C=C(\C)[C@@H]1OC(N)=O)C2=O. The van der Waals surface area contributed by atoms with Gasteiger partial charge in [-0.05, 0) is 95.6 Å². The Morgan fingerprint density at radius 1 is 1.07 bits per heavy atom. The van der Waals surface area contributed by atoms with Gasteiger partial charge in [0.1, 0.15) is 6.10 Å². The molecule has 6 rings (SSSR count). The number of Topliss-reactive ketones (excluding diaryl/α,β-unsaturated/α-hetero) is 1. The second-order valence-corrected chi connectivity index (χ2v) is 16.7. The van der Waals surface area contributed by atoms with Crippen LogP contribution < -0.4 is 16.4 Å². The van der Waals surface area contributed by atoms with Crippen molar-refractivity contribution in [2.45, 2.75) is 115 Å². The zero-order chi connectivity index (χ0) is 39.5. The van der Waals surface area contributed by atoms with Gasteiger partial charge in [0, 0.05) is 56.0 Å². The maximum Gasteiger partial charge on any atom is 0.405 e. The third-order valence-electron chi connectivity index (χ3n) is 12.4. The fraction of sp³-hybridized carbons (Fsp3) is 0.659. The normalized spacial score (nSPS) is 39.0. The first-order chi connectivity index (χ1) is 25.5. The van der Waals surface area contributed by atoms with E-state index in [1.54, 1.807) is 32.1 Å². The highest BCUT2D eigenvalue weighted by atomic mass is 16.6. The number of nitrogens with zero attached hydrogens (tertiary/aromatic N) is 1. The van der Waals surface area contributed by atoms with E-state index < -0.39 is 59.5 Å². The van der Waals surface area contributed by atoms with Gasteiger partial charge in [0.25, 0.3) is 5.91 Å². The number of fused-ring (bicyclic) bond motifs is 2. The summed E-state index contributed by atoms with van der Waals surface area (Å²) >= 11 is 0. The summed E-state index contributed by atoms with van der Waals surface area (Å²) in [5.74, 6) is -1.05. The Morgan fingerprint density at radius 2 is 1.76 bits per heavy atom. The number of aliphatic hydroxyl groups excluding tert-OH is 1. The third-order valence-corrected chi connectivity index (χ3v) is 12.4. The summed E-state index contributed by atoms with van der Waals surface area (Å²) in [5.41, 5.74) is 5.93. The molecule has 0 spiro atoms. The van der Waals surface area contributed by atoms with Crippen LogP contribution in [0, 0.1) is 23.7 Å². The molecule has 6 aliphatic rings.